The van der Waals surface area contributed by atoms with E-state index in [0.717, 1.165) is 45.5 Å². The number of para-hydroxylation sites is 1. The maximum Gasteiger partial charge on any atom is 0.227 e. The number of fused-ring (bicyclic) bond motifs is 1. The van der Waals surface area contributed by atoms with Crippen LogP contribution in [0.15, 0.2) is 54.6 Å². The van der Waals surface area contributed by atoms with E-state index >= 15 is 0 Å². The smallest absolute Gasteiger partial charge is 0.227 e. The van der Waals surface area contributed by atoms with E-state index in [2.05, 4.69) is 26.0 Å². The first-order chi connectivity index (χ1) is 14.1. The van der Waals surface area contributed by atoms with Gasteiger partial charge in [-0.3, -0.25) is 0 Å². The second-order valence-corrected chi connectivity index (χ2v) is 8.03. The Morgan fingerprint density at radius 1 is 0.931 bits per heavy atom. The highest BCUT2D eigenvalue weighted by atomic mass is 16.5. The van der Waals surface area contributed by atoms with Gasteiger partial charge in [-0.25, -0.2) is 0 Å². The third kappa shape index (κ3) is 5.09. The molecule has 0 spiro atoms. The number of benzene rings is 2. The number of unbranched alkanes of at least 4 members (excludes halogenated alkanes) is 4. The number of ether oxygens (including phenoxy) is 1. The van der Waals surface area contributed by atoms with Crippen molar-refractivity contribution in [2.75, 3.05) is 0 Å². The molecule has 0 aliphatic heterocycles. The zero-order valence-electron chi connectivity index (χ0n) is 18.0. The molecule has 0 N–H and O–H groups in total. The van der Waals surface area contributed by atoms with Crippen molar-refractivity contribution in [3.05, 3.63) is 76.6 Å². The van der Waals surface area contributed by atoms with E-state index in [9.17, 15) is 5.21 Å². The van der Waals surface area contributed by atoms with E-state index in [1.807, 2.05) is 49.4 Å². The third-order valence-corrected chi connectivity index (χ3v) is 5.74. The summed E-state index contributed by atoms with van der Waals surface area (Å²) in [7, 11) is 0. The van der Waals surface area contributed by atoms with Gasteiger partial charge in [0.25, 0.3) is 0 Å². The van der Waals surface area contributed by atoms with Crippen LogP contribution in [0.2, 0.25) is 0 Å². The second kappa shape index (κ2) is 10.3. The number of pyridine rings is 1. The van der Waals surface area contributed by atoms with Gasteiger partial charge in [0.15, 0.2) is 0 Å². The monoisotopic (exact) mass is 391 g/mol. The second-order valence-electron chi connectivity index (χ2n) is 8.03. The van der Waals surface area contributed by atoms with E-state index in [-0.39, 0.29) is 5.92 Å². The fraction of sp³-hybridized carbons (Fsp3) is 0.423. The van der Waals surface area contributed by atoms with Gasteiger partial charge in [0.1, 0.15) is 12.4 Å². The molecule has 0 amide bonds. The molecule has 0 fully saturated rings. The fourth-order valence-electron chi connectivity index (χ4n) is 4.12. The molecular weight excluding hydrogens is 358 g/mol. The Balaban J connectivity index is 1.89. The minimum atomic E-state index is 0.206. The van der Waals surface area contributed by atoms with E-state index in [0.29, 0.717) is 12.1 Å². The Hall–Kier alpha value is -2.55. The molecule has 1 heterocycles. The normalized spacial score (nSPS) is 12.2. The summed E-state index contributed by atoms with van der Waals surface area (Å²) in [4.78, 5) is 0. The van der Waals surface area contributed by atoms with Crippen LogP contribution in [-0.2, 0) is 6.61 Å². The molecule has 3 aromatic rings. The van der Waals surface area contributed by atoms with Crippen molar-refractivity contribution in [1.82, 2.24) is 0 Å². The van der Waals surface area contributed by atoms with Crippen LogP contribution in [0.1, 0.15) is 75.1 Å². The first kappa shape index (κ1) is 21.2. The summed E-state index contributed by atoms with van der Waals surface area (Å²) in [5, 5.41) is 14.1. The molecule has 0 saturated heterocycles. The van der Waals surface area contributed by atoms with Crippen LogP contribution in [0.3, 0.4) is 0 Å². The number of rotatable bonds is 10. The van der Waals surface area contributed by atoms with E-state index in [1.165, 1.54) is 25.7 Å². The molecule has 0 bridgehead atoms. The number of hydrogen-bond acceptors (Lipinski definition) is 2. The fourth-order valence-corrected chi connectivity index (χ4v) is 4.12. The van der Waals surface area contributed by atoms with Crippen LogP contribution in [0.4, 0.5) is 0 Å². The van der Waals surface area contributed by atoms with E-state index in [4.69, 9.17) is 4.74 Å². The summed E-state index contributed by atoms with van der Waals surface area (Å²) in [6, 6.07) is 17.9. The van der Waals surface area contributed by atoms with Crippen LogP contribution in [0.25, 0.3) is 10.9 Å². The van der Waals surface area contributed by atoms with Gasteiger partial charge in [-0.05, 0) is 25.0 Å². The third-order valence-electron chi connectivity index (χ3n) is 5.74. The Bertz CT molecular complexity index is 921. The standard InChI is InChI=1S/C26H33NO2/c1-4-5-6-7-9-14-20(2)25-21(3)26(29-19-22-15-10-8-11-16-22)23-17-12-13-18-24(23)27(25)28/h8,10-13,15-18,20H,4-7,9,14,19H2,1-3H3. The van der Waals surface area contributed by atoms with Crippen molar-refractivity contribution in [2.24, 2.45) is 0 Å². The van der Waals surface area contributed by atoms with Crippen molar-refractivity contribution >= 4 is 10.9 Å². The minimum absolute atomic E-state index is 0.206. The molecule has 2 aromatic carbocycles. The van der Waals surface area contributed by atoms with Gasteiger partial charge in [-0.1, -0.05) is 88.4 Å². The van der Waals surface area contributed by atoms with Gasteiger partial charge in [0.2, 0.25) is 11.2 Å². The van der Waals surface area contributed by atoms with Crippen molar-refractivity contribution < 1.29 is 9.47 Å². The average Bonchev–Trinajstić information content (AvgIpc) is 2.74. The Kier molecular flexibility index (Phi) is 7.51. The lowest BCUT2D eigenvalue weighted by Gasteiger charge is -2.20. The molecule has 0 saturated carbocycles. The predicted molar refractivity (Wildman–Crippen MR) is 120 cm³/mol. The average molecular weight is 392 g/mol. The molecule has 1 aromatic heterocycles. The lowest BCUT2D eigenvalue weighted by atomic mass is 9.94. The van der Waals surface area contributed by atoms with Crippen LogP contribution >= 0.6 is 0 Å². The number of hydrogen-bond donors (Lipinski definition) is 0. The van der Waals surface area contributed by atoms with E-state index < -0.39 is 0 Å². The Labute approximate surface area is 174 Å². The lowest BCUT2D eigenvalue weighted by molar-refractivity contribution is -0.588. The summed E-state index contributed by atoms with van der Waals surface area (Å²) >= 11 is 0. The molecule has 3 heteroatoms. The highest BCUT2D eigenvalue weighted by Gasteiger charge is 2.25. The lowest BCUT2D eigenvalue weighted by Crippen LogP contribution is -2.35. The molecule has 3 rings (SSSR count). The molecule has 0 radical (unpaired) electrons. The summed E-state index contributed by atoms with van der Waals surface area (Å²) in [5.74, 6) is 1.04. The zero-order chi connectivity index (χ0) is 20.6. The van der Waals surface area contributed by atoms with Gasteiger partial charge in [-0.2, -0.15) is 4.73 Å². The SMILES string of the molecule is CCCCCCCC(C)c1c(C)c(OCc2ccccc2)c2ccccc2[n+]1[O-]. The van der Waals surface area contributed by atoms with E-state index in [1.54, 1.807) is 0 Å². The van der Waals surface area contributed by atoms with Crippen molar-refractivity contribution in [3.63, 3.8) is 0 Å². The van der Waals surface area contributed by atoms with Gasteiger partial charge in [-0.15, -0.1) is 0 Å². The largest absolute Gasteiger partial charge is 0.618 e. The van der Waals surface area contributed by atoms with Crippen LogP contribution in [0.5, 0.6) is 5.75 Å². The van der Waals surface area contributed by atoms with Gasteiger partial charge in [0, 0.05) is 12.0 Å². The topological polar surface area (TPSA) is 36.2 Å². The number of nitrogens with zero attached hydrogens (tertiary/aromatic N) is 1. The molecule has 3 nitrogen and oxygen atoms in total. The van der Waals surface area contributed by atoms with Crippen molar-refractivity contribution in [3.8, 4) is 5.75 Å². The van der Waals surface area contributed by atoms with Crippen molar-refractivity contribution in [1.29, 1.82) is 0 Å². The number of aromatic nitrogens is 1. The first-order valence-corrected chi connectivity index (χ1v) is 10.9. The maximum atomic E-state index is 13.2. The quantitative estimate of drug-likeness (QED) is 0.216. The van der Waals surface area contributed by atoms with Crippen LogP contribution in [-0.4, -0.2) is 0 Å². The maximum absolute atomic E-state index is 13.2. The molecule has 1 unspecified atom stereocenters. The van der Waals surface area contributed by atoms with Crippen molar-refractivity contribution in [2.45, 2.75) is 71.8 Å². The Morgan fingerprint density at radius 3 is 2.38 bits per heavy atom. The first-order valence-electron chi connectivity index (χ1n) is 10.9. The van der Waals surface area contributed by atoms with Crippen LogP contribution < -0.4 is 9.47 Å². The van der Waals surface area contributed by atoms with Gasteiger partial charge >= 0.3 is 0 Å². The predicted octanol–water partition coefficient (Wildman–Crippen LogP) is 6.82. The molecule has 1 atom stereocenters. The summed E-state index contributed by atoms with van der Waals surface area (Å²) < 4.78 is 7.42. The molecule has 29 heavy (non-hydrogen) atoms. The Morgan fingerprint density at radius 2 is 1.62 bits per heavy atom. The zero-order valence-corrected chi connectivity index (χ0v) is 18.0. The van der Waals surface area contributed by atoms with Gasteiger partial charge in [0.05, 0.1) is 10.9 Å². The molecular formula is C26H33NO2. The summed E-state index contributed by atoms with van der Waals surface area (Å²) in [5.41, 5.74) is 3.63. The highest BCUT2D eigenvalue weighted by Crippen LogP contribution is 2.34. The minimum Gasteiger partial charge on any atom is -0.618 e. The summed E-state index contributed by atoms with van der Waals surface area (Å²) in [6.07, 6.45) is 7.26. The van der Waals surface area contributed by atoms with Gasteiger partial charge < -0.3 is 9.94 Å². The molecule has 0 aliphatic carbocycles. The highest BCUT2D eigenvalue weighted by molar-refractivity contribution is 5.84. The summed E-state index contributed by atoms with van der Waals surface area (Å²) in [6.45, 7) is 6.94. The molecule has 0 aliphatic rings. The van der Waals surface area contributed by atoms with Crippen LogP contribution in [0, 0.1) is 12.1 Å². The molecule has 154 valence electrons.